The fourth-order valence-electron chi connectivity index (χ4n) is 2.99. The van der Waals surface area contributed by atoms with Crippen molar-refractivity contribution in [1.29, 1.82) is 0 Å². The molecule has 0 bridgehead atoms. The quantitative estimate of drug-likeness (QED) is 0.834. The summed E-state index contributed by atoms with van der Waals surface area (Å²) in [5.74, 6) is -0.819. The van der Waals surface area contributed by atoms with Gasteiger partial charge in [0, 0.05) is 11.0 Å². The highest BCUT2D eigenvalue weighted by molar-refractivity contribution is 9.10. The van der Waals surface area contributed by atoms with E-state index in [-0.39, 0.29) is 24.1 Å². The Hall–Kier alpha value is -1.75. The number of hydrogen-bond donors (Lipinski definition) is 1. The van der Waals surface area contributed by atoms with E-state index in [0.717, 1.165) is 10.9 Å². The zero-order valence-corrected chi connectivity index (χ0v) is 14.0. The second-order valence-corrected chi connectivity index (χ2v) is 6.72. The van der Waals surface area contributed by atoms with Crippen LogP contribution in [0, 0.1) is 11.6 Å². The zero-order valence-electron chi connectivity index (χ0n) is 12.4. The van der Waals surface area contributed by atoms with Gasteiger partial charge in [-0.05, 0) is 54.3 Å². The van der Waals surface area contributed by atoms with Gasteiger partial charge in [0.15, 0.2) is 0 Å². The average Bonchev–Trinajstić information content (AvgIpc) is 2.47. The van der Waals surface area contributed by atoms with Crippen LogP contribution in [0.1, 0.15) is 30.4 Å². The summed E-state index contributed by atoms with van der Waals surface area (Å²) in [7, 11) is 0. The highest BCUT2D eigenvalue weighted by atomic mass is 79.9. The molecule has 2 aromatic carbocycles. The van der Waals surface area contributed by atoms with E-state index in [0.29, 0.717) is 24.0 Å². The predicted octanol–water partition coefficient (Wildman–Crippen LogP) is 4.47. The zero-order chi connectivity index (χ0) is 16.4. The molecule has 0 heterocycles. The number of carbonyl (C=O) groups is 1. The molecule has 2 aromatic rings. The van der Waals surface area contributed by atoms with Crippen LogP contribution in [-0.2, 0) is 16.8 Å². The summed E-state index contributed by atoms with van der Waals surface area (Å²) in [6.07, 6.45) is 2.34. The van der Waals surface area contributed by atoms with E-state index >= 15 is 0 Å². The van der Waals surface area contributed by atoms with E-state index in [1.165, 1.54) is 24.3 Å². The van der Waals surface area contributed by atoms with E-state index in [9.17, 15) is 13.6 Å². The molecule has 0 aliphatic heterocycles. The van der Waals surface area contributed by atoms with Gasteiger partial charge in [-0.25, -0.2) is 8.78 Å². The second-order valence-electron chi connectivity index (χ2n) is 5.86. The molecule has 1 amide bonds. The normalized spacial score (nSPS) is 15.8. The first-order valence-corrected chi connectivity index (χ1v) is 8.29. The Morgan fingerprint density at radius 3 is 2.52 bits per heavy atom. The highest BCUT2D eigenvalue weighted by Crippen LogP contribution is 2.44. The minimum absolute atomic E-state index is 0.134. The molecule has 0 radical (unpaired) electrons. The van der Waals surface area contributed by atoms with E-state index in [1.54, 1.807) is 18.2 Å². The molecule has 0 spiro atoms. The number of amides is 1. The van der Waals surface area contributed by atoms with Crippen molar-refractivity contribution in [3.8, 4) is 0 Å². The molecule has 1 fully saturated rings. The standard InChI is InChI=1S/C18H16BrF2NO/c19-16-6-5-15(21)9-12(16)11-22-17(23)18(7-2-8-18)13-3-1-4-14(20)10-13/h1,3-6,9-10H,2,7-8,11H2,(H,22,23). The van der Waals surface area contributed by atoms with Crippen LogP contribution in [0.25, 0.3) is 0 Å². The molecule has 1 saturated carbocycles. The van der Waals surface area contributed by atoms with Crippen molar-refractivity contribution in [1.82, 2.24) is 5.32 Å². The lowest BCUT2D eigenvalue weighted by molar-refractivity contribution is -0.130. The van der Waals surface area contributed by atoms with E-state index in [4.69, 9.17) is 0 Å². The highest BCUT2D eigenvalue weighted by Gasteiger charge is 2.45. The van der Waals surface area contributed by atoms with Gasteiger partial charge in [-0.15, -0.1) is 0 Å². The van der Waals surface area contributed by atoms with Crippen molar-refractivity contribution in [3.05, 3.63) is 69.7 Å². The first kappa shape index (κ1) is 16.1. The van der Waals surface area contributed by atoms with Gasteiger partial charge in [-0.2, -0.15) is 0 Å². The number of benzene rings is 2. The lowest BCUT2D eigenvalue weighted by atomic mass is 9.64. The van der Waals surface area contributed by atoms with Gasteiger partial charge in [-0.1, -0.05) is 34.5 Å². The smallest absolute Gasteiger partial charge is 0.230 e. The number of hydrogen-bond acceptors (Lipinski definition) is 1. The van der Waals surface area contributed by atoms with Crippen LogP contribution in [-0.4, -0.2) is 5.91 Å². The molecule has 5 heteroatoms. The number of carbonyl (C=O) groups excluding carboxylic acids is 1. The van der Waals surface area contributed by atoms with Crippen LogP contribution < -0.4 is 5.32 Å². The second kappa shape index (κ2) is 6.40. The summed E-state index contributed by atoms with van der Waals surface area (Å²) in [6, 6.07) is 10.6. The summed E-state index contributed by atoms with van der Waals surface area (Å²) < 4.78 is 27.6. The number of halogens is 3. The Labute approximate surface area is 142 Å². The maximum absolute atomic E-state index is 13.5. The lowest BCUT2D eigenvalue weighted by Crippen LogP contribution is -2.49. The SMILES string of the molecule is O=C(NCc1cc(F)ccc1Br)C1(c2cccc(F)c2)CCC1. The summed E-state index contributed by atoms with van der Waals surface area (Å²) in [6.45, 7) is 0.230. The van der Waals surface area contributed by atoms with Crippen LogP contribution in [0.3, 0.4) is 0 Å². The van der Waals surface area contributed by atoms with E-state index in [1.807, 2.05) is 0 Å². The number of nitrogens with one attached hydrogen (secondary N) is 1. The summed E-state index contributed by atoms with van der Waals surface area (Å²) in [5.41, 5.74) is 0.716. The minimum atomic E-state index is -0.665. The van der Waals surface area contributed by atoms with Crippen LogP contribution in [0.4, 0.5) is 8.78 Å². The van der Waals surface area contributed by atoms with E-state index in [2.05, 4.69) is 21.2 Å². The monoisotopic (exact) mass is 379 g/mol. The molecular weight excluding hydrogens is 364 g/mol. The summed E-state index contributed by atoms with van der Waals surface area (Å²) >= 11 is 3.35. The van der Waals surface area contributed by atoms with Crippen molar-refractivity contribution in [2.75, 3.05) is 0 Å². The van der Waals surface area contributed by atoms with Gasteiger partial charge < -0.3 is 5.32 Å². The number of rotatable bonds is 4. The Bertz CT molecular complexity index is 744. The van der Waals surface area contributed by atoms with Crippen molar-refractivity contribution in [2.24, 2.45) is 0 Å². The third-order valence-corrected chi connectivity index (χ3v) is 5.24. The molecule has 23 heavy (non-hydrogen) atoms. The fourth-order valence-corrected chi connectivity index (χ4v) is 3.37. The van der Waals surface area contributed by atoms with Gasteiger partial charge in [0.25, 0.3) is 0 Å². The van der Waals surface area contributed by atoms with Gasteiger partial charge in [-0.3, -0.25) is 4.79 Å². The topological polar surface area (TPSA) is 29.1 Å². The largest absolute Gasteiger partial charge is 0.351 e. The molecule has 2 nitrogen and oxygen atoms in total. The first-order chi connectivity index (χ1) is 11.0. The van der Waals surface area contributed by atoms with Gasteiger partial charge >= 0.3 is 0 Å². The van der Waals surface area contributed by atoms with Crippen molar-refractivity contribution in [3.63, 3.8) is 0 Å². The van der Waals surface area contributed by atoms with Gasteiger partial charge in [0.1, 0.15) is 11.6 Å². The molecule has 0 aromatic heterocycles. The van der Waals surface area contributed by atoms with Crippen LogP contribution in [0.5, 0.6) is 0 Å². The fraction of sp³-hybridized carbons (Fsp3) is 0.278. The molecule has 1 N–H and O–H groups in total. The molecule has 0 saturated heterocycles. The lowest BCUT2D eigenvalue weighted by Gasteiger charge is -2.40. The molecule has 0 atom stereocenters. The van der Waals surface area contributed by atoms with Gasteiger partial charge in [0.2, 0.25) is 5.91 Å². The minimum Gasteiger partial charge on any atom is -0.351 e. The van der Waals surface area contributed by atoms with Gasteiger partial charge in [0.05, 0.1) is 5.41 Å². The van der Waals surface area contributed by atoms with Crippen LogP contribution in [0.15, 0.2) is 46.9 Å². The van der Waals surface area contributed by atoms with Crippen molar-refractivity contribution >= 4 is 21.8 Å². The Balaban J connectivity index is 1.77. The average molecular weight is 380 g/mol. The molecule has 1 aliphatic rings. The third-order valence-electron chi connectivity index (χ3n) is 4.47. The van der Waals surface area contributed by atoms with Crippen LogP contribution >= 0.6 is 15.9 Å². The molecule has 3 rings (SSSR count). The van der Waals surface area contributed by atoms with Crippen molar-refractivity contribution < 1.29 is 13.6 Å². The van der Waals surface area contributed by atoms with Crippen molar-refractivity contribution in [2.45, 2.75) is 31.2 Å². The Morgan fingerprint density at radius 2 is 1.87 bits per heavy atom. The molecule has 120 valence electrons. The molecule has 1 aliphatic carbocycles. The summed E-state index contributed by atoms with van der Waals surface area (Å²) in [4.78, 5) is 12.7. The molecular formula is C18H16BrF2NO. The maximum Gasteiger partial charge on any atom is 0.230 e. The predicted molar refractivity (Wildman–Crippen MR) is 87.9 cm³/mol. The Kier molecular flexibility index (Phi) is 4.48. The maximum atomic E-state index is 13.5. The third kappa shape index (κ3) is 3.15. The van der Waals surface area contributed by atoms with Crippen LogP contribution in [0.2, 0.25) is 0 Å². The molecule has 0 unspecified atom stereocenters. The van der Waals surface area contributed by atoms with E-state index < -0.39 is 5.41 Å². The Morgan fingerprint density at radius 1 is 1.13 bits per heavy atom. The summed E-state index contributed by atoms with van der Waals surface area (Å²) in [5, 5.41) is 2.87. The first-order valence-electron chi connectivity index (χ1n) is 7.49.